The third-order valence-corrected chi connectivity index (χ3v) is 9.55. The van der Waals surface area contributed by atoms with E-state index in [4.69, 9.17) is 9.47 Å². The molecule has 1 aromatic rings. The van der Waals surface area contributed by atoms with E-state index in [-0.39, 0.29) is 6.10 Å². The molecule has 0 radical (unpaired) electrons. The smallest absolute Gasteiger partial charge is 0.0674 e. The summed E-state index contributed by atoms with van der Waals surface area (Å²) in [4.78, 5) is 2.51. The van der Waals surface area contributed by atoms with Crippen LogP contribution in [0.5, 0.6) is 0 Å². The quantitative estimate of drug-likeness (QED) is 0.0505. The van der Waals surface area contributed by atoms with Crippen LogP contribution in [0.4, 0.5) is 0 Å². The van der Waals surface area contributed by atoms with Gasteiger partial charge in [-0.1, -0.05) is 170 Å². The van der Waals surface area contributed by atoms with Gasteiger partial charge in [-0.25, -0.2) is 0 Å². The molecule has 3 nitrogen and oxygen atoms in total. The maximum Gasteiger partial charge on any atom is 0.0674 e. The second kappa shape index (κ2) is 39.3. The van der Waals surface area contributed by atoms with Crippen molar-refractivity contribution in [3.63, 3.8) is 0 Å². The molecule has 0 aliphatic rings. The molecule has 51 heavy (non-hydrogen) atoms. The first kappa shape index (κ1) is 47.1. The van der Waals surface area contributed by atoms with Crippen molar-refractivity contribution in [1.29, 1.82) is 0 Å². The van der Waals surface area contributed by atoms with Gasteiger partial charge in [-0.05, 0) is 89.5 Å². The van der Waals surface area contributed by atoms with Gasteiger partial charge in [0.25, 0.3) is 0 Å². The van der Waals surface area contributed by atoms with E-state index in [0.717, 1.165) is 52.3 Å². The summed E-state index contributed by atoms with van der Waals surface area (Å²) in [6, 6.07) is 10.8. The predicted molar refractivity (Wildman–Crippen MR) is 227 cm³/mol. The van der Waals surface area contributed by atoms with E-state index in [0.29, 0.717) is 0 Å². The highest BCUT2D eigenvalue weighted by molar-refractivity contribution is 5.14. The Morgan fingerprint density at radius 3 is 1.47 bits per heavy atom. The molecule has 0 aromatic heterocycles. The van der Waals surface area contributed by atoms with Crippen LogP contribution < -0.4 is 0 Å². The van der Waals surface area contributed by atoms with Crippen LogP contribution >= 0.6 is 0 Å². The van der Waals surface area contributed by atoms with Crippen LogP contribution in [0.1, 0.15) is 180 Å². The van der Waals surface area contributed by atoms with E-state index < -0.39 is 0 Å². The molecule has 0 saturated heterocycles. The van der Waals surface area contributed by atoms with E-state index >= 15 is 0 Å². The molecule has 0 fully saturated rings. The van der Waals surface area contributed by atoms with Gasteiger partial charge in [-0.15, -0.1) is 0 Å². The Bertz CT molecular complexity index is 936. The van der Waals surface area contributed by atoms with Crippen molar-refractivity contribution in [3.8, 4) is 0 Å². The molecule has 1 aromatic carbocycles. The third kappa shape index (κ3) is 34.9. The Morgan fingerprint density at radius 1 is 0.510 bits per heavy atom. The fraction of sp³-hybridized carbons (Fsp3) is 0.708. The summed E-state index contributed by atoms with van der Waals surface area (Å²) in [6.07, 6.45) is 49.7. The maximum absolute atomic E-state index is 6.27. The number of ether oxygens (including phenoxy) is 2. The Labute approximate surface area is 318 Å². The molecule has 3 heteroatoms. The molecule has 0 unspecified atom stereocenters. The molecular formula is C48H83NO2. The van der Waals surface area contributed by atoms with Crippen molar-refractivity contribution in [1.82, 2.24) is 4.90 Å². The molecule has 0 aliphatic carbocycles. The lowest BCUT2D eigenvalue weighted by Crippen LogP contribution is -2.35. The van der Waals surface area contributed by atoms with Gasteiger partial charge in [-0.3, -0.25) is 4.90 Å². The first-order chi connectivity index (χ1) is 25.3. The van der Waals surface area contributed by atoms with Crippen LogP contribution in [0.25, 0.3) is 0 Å². The topological polar surface area (TPSA) is 21.7 Å². The van der Waals surface area contributed by atoms with Gasteiger partial charge in [0.2, 0.25) is 0 Å². The monoisotopic (exact) mass is 706 g/mol. The molecule has 0 amide bonds. The maximum atomic E-state index is 6.27. The fourth-order valence-electron chi connectivity index (χ4n) is 6.36. The summed E-state index contributed by atoms with van der Waals surface area (Å²) < 4.78 is 12.4. The van der Waals surface area contributed by atoms with Gasteiger partial charge >= 0.3 is 0 Å². The third-order valence-electron chi connectivity index (χ3n) is 9.55. The van der Waals surface area contributed by atoms with Crippen LogP contribution in [0.2, 0.25) is 0 Å². The number of rotatable bonds is 38. The summed E-state index contributed by atoms with van der Waals surface area (Å²) in [5, 5.41) is 0. The van der Waals surface area contributed by atoms with Gasteiger partial charge < -0.3 is 9.47 Å². The normalized spacial score (nSPS) is 12.9. The lowest BCUT2D eigenvalue weighted by molar-refractivity contribution is 0.0233. The fourth-order valence-corrected chi connectivity index (χ4v) is 6.36. The standard InChI is InChI=1S/C48H83NO2/c1-4-6-8-10-12-14-16-18-20-22-24-26-28-30-32-37-42-50-44-41-49(46-48-39-35-34-36-40-48)45-47(3)51-43-38-33-31-29-27-25-23-21-19-17-15-13-11-9-7-5-2/h12-15,18-21,34-36,39-40,47H,4-11,16-17,22-33,37-38,41-46H2,1-3H3/b14-12-,15-13-,20-18-,21-19-/t47-/m0/s1. The summed E-state index contributed by atoms with van der Waals surface area (Å²) in [7, 11) is 0. The summed E-state index contributed by atoms with van der Waals surface area (Å²) in [6.45, 7) is 12.2. The summed E-state index contributed by atoms with van der Waals surface area (Å²) in [5.41, 5.74) is 1.36. The predicted octanol–water partition coefficient (Wildman–Crippen LogP) is 14.5. The largest absolute Gasteiger partial charge is 0.380 e. The highest BCUT2D eigenvalue weighted by atomic mass is 16.5. The molecule has 1 atom stereocenters. The van der Waals surface area contributed by atoms with Gasteiger partial charge in [0.1, 0.15) is 0 Å². The van der Waals surface area contributed by atoms with E-state index in [9.17, 15) is 0 Å². The zero-order valence-corrected chi connectivity index (χ0v) is 34.1. The minimum atomic E-state index is 0.235. The highest BCUT2D eigenvalue weighted by Crippen LogP contribution is 2.12. The zero-order chi connectivity index (χ0) is 36.6. The van der Waals surface area contributed by atoms with E-state index in [1.165, 1.54) is 147 Å². The second-order valence-electron chi connectivity index (χ2n) is 14.7. The van der Waals surface area contributed by atoms with Crippen molar-refractivity contribution < 1.29 is 9.47 Å². The molecule has 0 saturated carbocycles. The lowest BCUT2D eigenvalue weighted by Gasteiger charge is -2.26. The number of unbranched alkanes of at least 4 members (excludes halogenated alkanes) is 18. The summed E-state index contributed by atoms with van der Waals surface area (Å²) >= 11 is 0. The van der Waals surface area contributed by atoms with Crippen LogP contribution in [-0.4, -0.2) is 43.9 Å². The zero-order valence-electron chi connectivity index (χ0n) is 34.1. The Morgan fingerprint density at radius 2 is 0.961 bits per heavy atom. The highest BCUT2D eigenvalue weighted by Gasteiger charge is 2.12. The number of benzene rings is 1. The van der Waals surface area contributed by atoms with E-state index in [1.54, 1.807) is 0 Å². The lowest BCUT2D eigenvalue weighted by atomic mass is 10.1. The number of hydrogen-bond acceptors (Lipinski definition) is 3. The second-order valence-corrected chi connectivity index (χ2v) is 14.7. The van der Waals surface area contributed by atoms with Gasteiger partial charge in [0.15, 0.2) is 0 Å². The van der Waals surface area contributed by atoms with Gasteiger partial charge in [0, 0.05) is 32.8 Å². The minimum Gasteiger partial charge on any atom is -0.380 e. The molecule has 0 aliphatic heterocycles. The Balaban J connectivity index is 2.06. The average Bonchev–Trinajstić information content (AvgIpc) is 3.14. The van der Waals surface area contributed by atoms with Crippen LogP contribution in [0, 0.1) is 0 Å². The SMILES string of the molecule is CCCCC/C=C\C/C=C\CCCCCCCCOCCN(Cc1ccccc1)C[C@H](C)OCCCCCCCC/C=C\C/C=C\CCCCC. The number of allylic oxidation sites excluding steroid dienone is 8. The average molecular weight is 706 g/mol. The van der Waals surface area contributed by atoms with Crippen molar-refractivity contribution in [2.24, 2.45) is 0 Å². The first-order valence-corrected chi connectivity index (χ1v) is 21.8. The molecule has 292 valence electrons. The van der Waals surface area contributed by atoms with Gasteiger partial charge in [0.05, 0.1) is 12.7 Å². The molecular weight excluding hydrogens is 623 g/mol. The molecule has 0 bridgehead atoms. The molecule has 0 N–H and O–H groups in total. The molecule has 0 heterocycles. The Hall–Kier alpha value is -1.94. The van der Waals surface area contributed by atoms with Crippen LogP contribution in [0.15, 0.2) is 78.9 Å². The van der Waals surface area contributed by atoms with Crippen molar-refractivity contribution in [2.45, 2.75) is 188 Å². The molecule has 1 rings (SSSR count). The first-order valence-electron chi connectivity index (χ1n) is 21.8. The summed E-state index contributed by atoms with van der Waals surface area (Å²) in [5.74, 6) is 0. The van der Waals surface area contributed by atoms with Gasteiger partial charge in [-0.2, -0.15) is 0 Å². The molecule has 0 spiro atoms. The minimum absolute atomic E-state index is 0.235. The van der Waals surface area contributed by atoms with Crippen molar-refractivity contribution in [2.75, 3.05) is 32.9 Å². The van der Waals surface area contributed by atoms with Crippen molar-refractivity contribution >= 4 is 0 Å². The Kier molecular flexibility index (Phi) is 36.3. The van der Waals surface area contributed by atoms with E-state index in [2.05, 4.69) is 105 Å². The number of nitrogens with zero attached hydrogens (tertiary/aromatic N) is 1. The van der Waals surface area contributed by atoms with Crippen LogP contribution in [0.3, 0.4) is 0 Å². The van der Waals surface area contributed by atoms with E-state index in [1.807, 2.05) is 0 Å². The van der Waals surface area contributed by atoms with Crippen LogP contribution in [-0.2, 0) is 16.0 Å². The van der Waals surface area contributed by atoms with Crippen molar-refractivity contribution in [3.05, 3.63) is 84.5 Å². The number of hydrogen-bond donors (Lipinski definition) is 0.